The number of halogens is 1. The minimum absolute atomic E-state index is 0.278. The molecule has 0 atom stereocenters. The zero-order chi connectivity index (χ0) is 17.0. The van der Waals surface area contributed by atoms with Crippen LogP contribution in [0.2, 0.25) is 5.02 Å². The lowest BCUT2D eigenvalue weighted by Gasteiger charge is -2.38. The second-order valence-electron chi connectivity index (χ2n) is 6.41. The molecule has 0 unspecified atom stereocenters. The van der Waals surface area contributed by atoms with E-state index in [-0.39, 0.29) is 12.4 Å². The summed E-state index contributed by atoms with van der Waals surface area (Å²) in [6.07, 6.45) is 1.34. The van der Waals surface area contributed by atoms with Crippen LogP contribution in [0, 0.1) is 0 Å². The van der Waals surface area contributed by atoms with Gasteiger partial charge in [0.1, 0.15) is 23.7 Å². The third-order valence-electron chi connectivity index (χ3n) is 4.43. The number of likely N-dealkylation sites (tertiary alicyclic amines) is 1. The van der Waals surface area contributed by atoms with E-state index in [1.807, 2.05) is 24.3 Å². The van der Waals surface area contributed by atoms with E-state index in [2.05, 4.69) is 4.90 Å². The van der Waals surface area contributed by atoms with Crippen molar-refractivity contribution in [1.29, 1.82) is 0 Å². The van der Waals surface area contributed by atoms with Gasteiger partial charge in [-0.25, -0.2) is 0 Å². The van der Waals surface area contributed by atoms with Crippen LogP contribution >= 0.6 is 11.6 Å². The number of rotatable bonds is 5. The Morgan fingerprint density at radius 2 is 1.79 bits per heavy atom. The van der Waals surface area contributed by atoms with Crippen molar-refractivity contribution >= 4 is 11.6 Å². The summed E-state index contributed by atoms with van der Waals surface area (Å²) in [4.78, 5) is 2.31. The molecule has 1 saturated heterocycles. The molecule has 1 fully saturated rings. The van der Waals surface area contributed by atoms with Crippen molar-refractivity contribution in [3.8, 4) is 11.5 Å². The van der Waals surface area contributed by atoms with Gasteiger partial charge in [-0.1, -0.05) is 29.8 Å². The van der Waals surface area contributed by atoms with Gasteiger partial charge in [-0.3, -0.25) is 4.90 Å². The Hall–Kier alpha value is -1.75. The normalized spacial score (nSPS) is 17.6. The van der Waals surface area contributed by atoms with E-state index in [9.17, 15) is 10.2 Å². The van der Waals surface area contributed by atoms with E-state index in [0.29, 0.717) is 23.6 Å². The maximum atomic E-state index is 10.7. The number of hydrogen-bond acceptors (Lipinski definition) is 4. The van der Waals surface area contributed by atoms with Crippen molar-refractivity contribution in [3.63, 3.8) is 0 Å². The molecule has 0 aromatic heterocycles. The van der Waals surface area contributed by atoms with Crippen molar-refractivity contribution in [2.24, 2.45) is 0 Å². The molecule has 0 aliphatic carbocycles. The highest BCUT2D eigenvalue weighted by Crippen LogP contribution is 2.26. The summed E-state index contributed by atoms with van der Waals surface area (Å²) in [5, 5.41) is 20.7. The van der Waals surface area contributed by atoms with Gasteiger partial charge >= 0.3 is 0 Å². The van der Waals surface area contributed by atoms with Crippen molar-refractivity contribution in [1.82, 2.24) is 4.90 Å². The highest BCUT2D eigenvalue weighted by Gasteiger charge is 2.33. The van der Waals surface area contributed by atoms with E-state index >= 15 is 0 Å². The standard InChI is InChI=1S/C19H22ClNO3/c20-16-2-1-3-18(12-16)24-14-19(23)8-10-21(11-9-19)13-15-4-6-17(22)7-5-15/h1-7,12,22-23H,8-11,13-14H2. The minimum atomic E-state index is -0.798. The summed E-state index contributed by atoms with van der Waals surface area (Å²) in [7, 11) is 0. The summed E-state index contributed by atoms with van der Waals surface area (Å²) in [6, 6.07) is 14.5. The van der Waals surface area contributed by atoms with Crippen LogP contribution in [0.5, 0.6) is 11.5 Å². The highest BCUT2D eigenvalue weighted by atomic mass is 35.5. The number of aliphatic hydroxyl groups is 1. The second-order valence-corrected chi connectivity index (χ2v) is 6.85. The Labute approximate surface area is 147 Å². The SMILES string of the molecule is Oc1ccc(CN2CCC(O)(COc3cccc(Cl)c3)CC2)cc1. The molecule has 24 heavy (non-hydrogen) atoms. The van der Waals surface area contributed by atoms with Crippen LogP contribution in [0.3, 0.4) is 0 Å². The van der Waals surface area contributed by atoms with E-state index in [4.69, 9.17) is 16.3 Å². The topological polar surface area (TPSA) is 52.9 Å². The Morgan fingerprint density at radius 1 is 1.08 bits per heavy atom. The van der Waals surface area contributed by atoms with Gasteiger partial charge in [0.25, 0.3) is 0 Å². The fourth-order valence-corrected chi connectivity index (χ4v) is 3.09. The van der Waals surface area contributed by atoms with E-state index < -0.39 is 5.60 Å². The van der Waals surface area contributed by atoms with Crippen molar-refractivity contribution in [2.75, 3.05) is 19.7 Å². The third-order valence-corrected chi connectivity index (χ3v) is 4.67. The molecule has 5 heteroatoms. The van der Waals surface area contributed by atoms with Gasteiger partial charge in [0.05, 0.1) is 0 Å². The zero-order valence-corrected chi connectivity index (χ0v) is 14.2. The monoisotopic (exact) mass is 347 g/mol. The van der Waals surface area contributed by atoms with Gasteiger partial charge in [0.2, 0.25) is 0 Å². The van der Waals surface area contributed by atoms with Crippen LogP contribution in [0.25, 0.3) is 0 Å². The highest BCUT2D eigenvalue weighted by molar-refractivity contribution is 6.30. The Kier molecular flexibility index (Phi) is 5.29. The predicted molar refractivity (Wildman–Crippen MR) is 94.5 cm³/mol. The number of phenolic OH excluding ortho intramolecular Hbond substituents is 1. The first-order valence-corrected chi connectivity index (χ1v) is 8.51. The largest absolute Gasteiger partial charge is 0.508 e. The number of hydrogen-bond donors (Lipinski definition) is 2. The van der Waals surface area contributed by atoms with E-state index in [1.54, 1.807) is 24.3 Å². The lowest BCUT2D eigenvalue weighted by molar-refractivity contribution is -0.0537. The molecule has 1 aliphatic rings. The maximum absolute atomic E-state index is 10.7. The lowest BCUT2D eigenvalue weighted by Crippen LogP contribution is -2.47. The first-order valence-electron chi connectivity index (χ1n) is 8.13. The molecular weight excluding hydrogens is 326 g/mol. The second kappa shape index (κ2) is 7.43. The molecule has 0 spiro atoms. The first kappa shape index (κ1) is 17.1. The molecule has 2 aromatic rings. The van der Waals surface area contributed by atoms with E-state index in [1.165, 1.54) is 0 Å². The summed E-state index contributed by atoms with van der Waals surface area (Å²) in [5.41, 5.74) is 0.363. The fraction of sp³-hybridized carbons (Fsp3) is 0.368. The number of piperidine rings is 1. The van der Waals surface area contributed by atoms with Crippen molar-refractivity contribution in [3.05, 3.63) is 59.1 Å². The van der Waals surface area contributed by atoms with Gasteiger partial charge in [-0.2, -0.15) is 0 Å². The average molecular weight is 348 g/mol. The van der Waals surface area contributed by atoms with E-state index in [0.717, 1.165) is 25.2 Å². The van der Waals surface area contributed by atoms with Crippen LogP contribution in [0.4, 0.5) is 0 Å². The Bertz CT molecular complexity index is 667. The molecule has 3 rings (SSSR count). The van der Waals surface area contributed by atoms with Gasteiger partial charge < -0.3 is 14.9 Å². The number of aromatic hydroxyl groups is 1. The first-order chi connectivity index (χ1) is 11.5. The molecule has 1 heterocycles. The maximum Gasteiger partial charge on any atom is 0.120 e. The summed E-state index contributed by atoms with van der Waals surface area (Å²) >= 11 is 5.94. The van der Waals surface area contributed by atoms with Crippen LogP contribution in [-0.4, -0.2) is 40.4 Å². The quantitative estimate of drug-likeness (QED) is 0.869. The minimum Gasteiger partial charge on any atom is -0.508 e. The molecule has 128 valence electrons. The molecule has 1 aliphatic heterocycles. The zero-order valence-electron chi connectivity index (χ0n) is 13.5. The summed E-state index contributed by atoms with van der Waals surface area (Å²) < 4.78 is 5.72. The summed E-state index contributed by atoms with van der Waals surface area (Å²) in [5.74, 6) is 0.965. The van der Waals surface area contributed by atoms with Crippen LogP contribution in [0.1, 0.15) is 18.4 Å². The lowest BCUT2D eigenvalue weighted by atomic mass is 9.92. The molecule has 0 radical (unpaired) electrons. The van der Waals surface area contributed by atoms with Gasteiger partial charge in [0.15, 0.2) is 0 Å². The number of benzene rings is 2. The van der Waals surface area contributed by atoms with Crippen LogP contribution in [-0.2, 0) is 6.54 Å². The summed E-state index contributed by atoms with van der Waals surface area (Å²) in [6.45, 7) is 2.73. The van der Waals surface area contributed by atoms with Crippen LogP contribution in [0.15, 0.2) is 48.5 Å². The molecule has 0 saturated carbocycles. The molecule has 0 bridgehead atoms. The molecule has 2 N–H and O–H groups in total. The van der Waals surface area contributed by atoms with Gasteiger partial charge in [-0.15, -0.1) is 0 Å². The molecule has 4 nitrogen and oxygen atoms in total. The number of ether oxygens (including phenoxy) is 1. The molecule has 2 aromatic carbocycles. The third kappa shape index (κ3) is 4.63. The fourth-order valence-electron chi connectivity index (χ4n) is 2.91. The molecular formula is C19H22ClNO3. The number of nitrogens with zero attached hydrogens (tertiary/aromatic N) is 1. The number of phenols is 1. The average Bonchev–Trinajstić information content (AvgIpc) is 2.58. The van der Waals surface area contributed by atoms with Crippen molar-refractivity contribution in [2.45, 2.75) is 25.0 Å². The smallest absolute Gasteiger partial charge is 0.120 e. The van der Waals surface area contributed by atoms with Crippen LogP contribution < -0.4 is 4.74 Å². The predicted octanol–water partition coefficient (Wildman–Crippen LogP) is 3.45. The Morgan fingerprint density at radius 3 is 2.46 bits per heavy atom. The van der Waals surface area contributed by atoms with Gasteiger partial charge in [-0.05, 0) is 48.7 Å². The molecule has 0 amide bonds. The van der Waals surface area contributed by atoms with Gasteiger partial charge in [0, 0.05) is 24.7 Å². The van der Waals surface area contributed by atoms with Crippen molar-refractivity contribution < 1.29 is 14.9 Å². The Balaban J connectivity index is 1.49.